The van der Waals surface area contributed by atoms with Gasteiger partial charge in [0.25, 0.3) is 5.91 Å². The summed E-state index contributed by atoms with van der Waals surface area (Å²) in [7, 11) is 0. The number of nitrogens with zero attached hydrogens (tertiary/aromatic N) is 2. The van der Waals surface area contributed by atoms with E-state index in [0.717, 1.165) is 29.4 Å². The molecule has 0 fully saturated rings. The molecule has 3 aromatic rings. The quantitative estimate of drug-likeness (QED) is 0.598. The second-order valence-electron chi connectivity index (χ2n) is 7.86. The highest BCUT2D eigenvalue weighted by molar-refractivity contribution is 6.50. The van der Waals surface area contributed by atoms with E-state index in [2.05, 4.69) is 61.3 Å². The maximum Gasteiger partial charge on any atom is 0.288 e. The molecule has 3 aromatic carbocycles. The van der Waals surface area contributed by atoms with Crippen LogP contribution in [0.3, 0.4) is 0 Å². The molecular formula is C26H20N2O. The Balaban J connectivity index is 1.60. The molecule has 0 saturated carbocycles. The van der Waals surface area contributed by atoms with Crippen LogP contribution in [0.4, 0.5) is 0 Å². The van der Waals surface area contributed by atoms with Crippen molar-refractivity contribution in [1.82, 2.24) is 0 Å². The average Bonchev–Trinajstić information content (AvgIpc) is 3.24. The van der Waals surface area contributed by atoms with Gasteiger partial charge in [0.15, 0.2) is 0 Å². The van der Waals surface area contributed by atoms with Crippen LogP contribution < -0.4 is 0 Å². The van der Waals surface area contributed by atoms with Crippen LogP contribution in [0.15, 0.2) is 65.2 Å². The normalized spacial score (nSPS) is 15.5. The molecule has 140 valence electrons. The summed E-state index contributed by atoms with van der Waals surface area (Å²) in [4.78, 5) is 16.3. The number of amides is 1. The predicted octanol–water partition coefficient (Wildman–Crippen LogP) is 5.56. The molecule has 3 nitrogen and oxygen atoms in total. The molecule has 0 radical (unpaired) electrons. The molecule has 1 aliphatic heterocycles. The van der Waals surface area contributed by atoms with Crippen LogP contribution in [-0.2, 0) is 11.2 Å². The Morgan fingerprint density at radius 1 is 1.03 bits per heavy atom. The lowest BCUT2D eigenvalue weighted by Gasteiger charge is -2.12. The fourth-order valence-corrected chi connectivity index (χ4v) is 4.45. The minimum Gasteiger partial charge on any atom is -0.266 e. The van der Waals surface area contributed by atoms with Crippen molar-refractivity contribution in [3.05, 3.63) is 88.0 Å². The standard InChI is InChI=1S/C26H20N2O/c1-3-15(2)17-9-7-16(8-10-17)13-18-11-12-21-23-19(18)5-4-6-20(23)24-22(14-27)26(29)28-25(21)24/h4-12,15H,3,13H2,1-2H3. The third-order valence-corrected chi connectivity index (χ3v) is 6.24. The maximum absolute atomic E-state index is 12.1. The van der Waals surface area contributed by atoms with Crippen molar-refractivity contribution < 1.29 is 4.79 Å². The van der Waals surface area contributed by atoms with Crippen LogP contribution in [0.25, 0.3) is 16.3 Å². The number of hydrogen-bond donors (Lipinski definition) is 0. The molecule has 0 bridgehead atoms. The largest absolute Gasteiger partial charge is 0.288 e. The number of carbonyl (C=O) groups excluding carboxylic acids is 1. The van der Waals surface area contributed by atoms with Gasteiger partial charge in [-0.1, -0.05) is 68.4 Å². The van der Waals surface area contributed by atoms with Crippen LogP contribution in [0, 0.1) is 11.3 Å². The second kappa shape index (κ2) is 6.53. The third-order valence-electron chi connectivity index (χ3n) is 6.24. The lowest BCUT2D eigenvalue weighted by atomic mass is 9.93. The molecule has 5 rings (SSSR count). The number of benzene rings is 3. The molecule has 0 aromatic heterocycles. The van der Waals surface area contributed by atoms with Gasteiger partial charge in [0.1, 0.15) is 11.6 Å². The van der Waals surface area contributed by atoms with Crippen LogP contribution >= 0.6 is 0 Å². The van der Waals surface area contributed by atoms with Crippen molar-refractivity contribution in [3.63, 3.8) is 0 Å². The first kappa shape index (κ1) is 17.6. The van der Waals surface area contributed by atoms with E-state index in [1.165, 1.54) is 22.1 Å². The summed E-state index contributed by atoms with van der Waals surface area (Å²) in [5, 5.41) is 11.7. The highest BCUT2D eigenvalue weighted by Gasteiger charge is 2.35. The first-order chi connectivity index (χ1) is 14.1. The molecule has 1 atom stereocenters. The van der Waals surface area contributed by atoms with E-state index >= 15 is 0 Å². The summed E-state index contributed by atoms with van der Waals surface area (Å²) >= 11 is 0. The third kappa shape index (κ3) is 2.57. The summed E-state index contributed by atoms with van der Waals surface area (Å²) < 4.78 is 0. The number of carbonyl (C=O) groups is 1. The monoisotopic (exact) mass is 376 g/mol. The lowest BCUT2D eigenvalue weighted by molar-refractivity contribution is -0.113. The number of rotatable bonds is 4. The molecule has 1 unspecified atom stereocenters. The summed E-state index contributed by atoms with van der Waals surface area (Å²) in [5.74, 6) is 0.150. The molecule has 0 spiro atoms. The minimum atomic E-state index is -0.425. The van der Waals surface area contributed by atoms with Gasteiger partial charge in [0.05, 0.1) is 5.71 Å². The van der Waals surface area contributed by atoms with Crippen LogP contribution in [0.1, 0.15) is 54.0 Å². The Bertz CT molecular complexity index is 1290. The summed E-state index contributed by atoms with van der Waals surface area (Å²) in [6.07, 6.45) is 1.98. The van der Waals surface area contributed by atoms with Crippen molar-refractivity contribution in [2.24, 2.45) is 4.99 Å². The molecule has 1 aliphatic carbocycles. The van der Waals surface area contributed by atoms with Gasteiger partial charge in [0, 0.05) is 11.1 Å². The predicted molar refractivity (Wildman–Crippen MR) is 116 cm³/mol. The summed E-state index contributed by atoms with van der Waals surface area (Å²) in [5.41, 5.74) is 7.32. The molecule has 29 heavy (non-hydrogen) atoms. The first-order valence-electron chi connectivity index (χ1n) is 10.0. The van der Waals surface area contributed by atoms with Gasteiger partial charge in [-0.2, -0.15) is 5.26 Å². The number of fused-ring (bicyclic) bond motifs is 3. The van der Waals surface area contributed by atoms with E-state index < -0.39 is 5.91 Å². The van der Waals surface area contributed by atoms with E-state index in [1.807, 2.05) is 18.2 Å². The fraction of sp³-hybridized carbons (Fsp3) is 0.192. The molecule has 2 aliphatic rings. The van der Waals surface area contributed by atoms with Gasteiger partial charge in [-0.15, -0.1) is 0 Å². The van der Waals surface area contributed by atoms with Crippen molar-refractivity contribution in [2.75, 3.05) is 0 Å². The lowest BCUT2D eigenvalue weighted by Crippen LogP contribution is -1.96. The second-order valence-corrected chi connectivity index (χ2v) is 7.86. The topological polar surface area (TPSA) is 53.2 Å². The van der Waals surface area contributed by atoms with Crippen LogP contribution in [0.2, 0.25) is 0 Å². The van der Waals surface area contributed by atoms with Crippen molar-refractivity contribution in [3.8, 4) is 6.07 Å². The van der Waals surface area contributed by atoms with Gasteiger partial charge in [-0.3, -0.25) is 4.79 Å². The summed E-state index contributed by atoms with van der Waals surface area (Å²) in [6, 6.07) is 21.3. The zero-order chi connectivity index (χ0) is 20.1. The molecule has 1 heterocycles. The van der Waals surface area contributed by atoms with Crippen molar-refractivity contribution >= 4 is 28.0 Å². The molecule has 0 saturated heterocycles. The highest BCUT2D eigenvalue weighted by Crippen LogP contribution is 2.43. The number of allylic oxidation sites excluding steroid dienone is 1. The Morgan fingerprint density at radius 2 is 1.83 bits per heavy atom. The highest BCUT2D eigenvalue weighted by atomic mass is 16.1. The molecule has 3 heteroatoms. The Morgan fingerprint density at radius 3 is 2.55 bits per heavy atom. The van der Waals surface area contributed by atoms with E-state index in [4.69, 9.17) is 0 Å². The fourth-order valence-electron chi connectivity index (χ4n) is 4.45. The van der Waals surface area contributed by atoms with Gasteiger partial charge in [-0.05, 0) is 51.8 Å². The SMILES string of the molecule is CCC(C)c1ccc(Cc2ccc3c4c(cccc24)C2=C(C#N)C(=O)N=C23)cc1. The number of hydrogen-bond acceptors (Lipinski definition) is 2. The Labute approximate surface area is 170 Å². The molecular weight excluding hydrogens is 356 g/mol. The van der Waals surface area contributed by atoms with E-state index in [1.54, 1.807) is 0 Å². The Kier molecular flexibility index (Phi) is 3.96. The van der Waals surface area contributed by atoms with Crippen LogP contribution in [0.5, 0.6) is 0 Å². The number of aliphatic imine (C=N–C) groups is 1. The van der Waals surface area contributed by atoms with Gasteiger partial charge in [-0.25, -0.2) is 4.99 Å². The minimum absolute atomic E-state index is 0.158. The zero-order valence-corrected chi connectivity index (χ0v) is 16.5. The first-order valence-corrected chi connectivity index (χ1v) is 10.0. The zero-order valence-electron chi connectivity index (χ0n) is 16.5. The number of nitriles is 1. The smallest absolute Gasteiger partial charge is 0.266 e. The average molecular weight is 376 g/mol. The van der Waals surface area contributed by atoms with Gasteiger partial charge in [0.2, 0.25) is 0 Å². The van der Waals surface area contributed by atoms with E-state index in [0.29, 0.717) is 17.2 Å². The van der Waals surface area contributed by atoms with Gasteiger partial charge >= 0.3 is 0 Å². The van der Waals surface area contributed by atoms with Gasteiger partial charge < -0.3 is 0 Å². The van der Waals surface area contributed by atoms with Crippen molar-refractivity contribution in [1.29, 1.82) is 5.26 Å². The molecule has 1 amide bonds. The maximum atomic E-state index is 12.1. The van der Waals surface area contributed by atoms with E-state index in [9.17, 15) is 10.1 Å². The van der Waals surface area contributed by atoms with Crippen LogP contribution in [-0.4, -0.2) is 11.6 Å². The van der Waals surface area contributed by atoms with Crippen molar-refractivity contribution in [2.45, 2.75) is 32.6 Å². The van der Waals surface area contributed by atoms with E-state index in [-0.39, 0.29) is 5.57 Å². The molecule has 0 N–H and O–H groups in total. The summed E-state index contributed by atoms with van der Waals surface area (Å²) in [6.45, 7) is 4.47. The Hall–Kier alpha value is -3.51.